The molecule has 5 rings (SSSR count). The minimum Gasteiger partial charge on any atom is -0.339 e. The third-order valence-corrected chi connectivity index (χ3v) is 9.48. The van der Waals surface area contributed by atoms with Crippen LogP contribution in [0.15, 0.2) is 47.6 Å². The standard InChI is InChI=1S/C27H34N4O3S/c1-19-4-9-29(10-5-19)27(32)25-18-28-31-13-8-23(17-26(25)31)22-6-11-30(12-7-22)35(33,34)24-15-20(2)14-21(3)16-24/h8,13-19,22H,4-7,9-12H2,1-3H3. The number of rotatable bonds is 4. The summed E-state index contributed by atoms with van der Waals surface area (Å²) >= 11 is 0. The number of carbonyl (C=O) groups is 1. The number of nitrogens with zero attached hydrogens (tertiary/aromatic N) is 4. The summed E-state index contributed by atoms with van der Waals surface area (Å²) in [5.41, 5.74) is 4.53. The first kappa shape index (κ1) is 24.0. The van der Waals surface area contributed by atoms with Gasteiger partial charge in [0.15, 0.2) is 0 Å². The predicted molar refractivity (Wildman–Crippen MR) is 136 cm³/mol. The average molecular weight is 495 g/mol. The van der Waals surface area contributed by atoms with Gasteiger partial charge in [-0.2, -0.15) is 9.40 Å². The Labute approximate surface area is 207 Å². The molecule has 2 fully saturated rings. The van der Waals surface area contributed by atoms with E-state index in [-0.39, 0.29) is 11.8 Å². The molecule has 8 heteroatoms. The first-order chi connectivity index (χ1) is 16.7. The lowest BCUT2D eigenvalue weighted by Crippen LogP contribution is -2.38. The largest absolute Gasteiger partial charge is 0.339 e. The lowest BCUT2D eigenvalue weighted by atomic mass is 9.90. The van der Waals surface area contributed by atoms with E-state index in [1.807, 2.05) is 31.0 Å². The maximum Gasteiger partial charge on any atom is 0.257 e. The van der Waals surface area contributed by atoms with Crippen molar-refractivity contribution in [3.05, 3.63) is 65.0 Å². The molecule has 2 aromatic heterocycles. The summed E-state index contributed by atoms with van der Waals surface area (Å²) in [6, 6.07) is 9.62. The van der Waals surface area contributed by atoms with Crippen LogP contribution in [0.25, 0.3) is 5.52 Å². The fourth-order valence-electron chi connectivity index (χ4n) is 5.46. The number of carbonyl (C=O) groups excluding carboxylic acids is 1. The molecule has 0 radical (unpaired) electrons. The van der Waals surface area contributed by atoms with Gasteiger partial charge in [-0.1, -0.05) is 13.0 Å². The van der Waals surface area contributed by atoms with Crippen LogP contribution in [0.2, 0.25) is 0 Å². The summed E-state index contributed by atoms with van der Waals surface area (Å²) in [4.78, 5) is 15.5. The second-order valence-electron chi connectivity index (χ2n) is 10.3. The van der Waals surface area contributed by atoms with Crippen LogP contribution in [0.1, 0.15) is 65.6 Å². The van der Waals surface area contributed by atoms with E-state index < -0.39 is 10.0 Å². The summed E-state index contributed by atoms with van der Waals surface area (Å²) in [6.45, 7) is 8.66. The molecule has 0 saturated carbocycles. The molecule has 0 atom stereocenters. The second-order valence-corrected chi connectivity index (χ2v) is 12.3. The highest BCUT2D eigenvalue weighted by atomic mass is 32.2. The fourth-order valence-corrected chi connectivity index (χ4v) is 7.12. The Hall–Kier alpha value is -2.71. The van der Waals surface area contributed by atoms with Crippen molar-refractivity contribution in [2.75, 3.05) is 26.2 Å². The maximum atomic E-state index is 13.2. The first-order valence-corrected chi connectivity index (χ1v) is 14.0. The van der Waals surface area contributed by atoms with Crippen molar-refractivity contribution in [3.8, 4) is 0 Å². The van der Waals surface area contributed by atoms with E-state index in [9.17, 15) is 13.2 Å². The number of amides is 1. The lowest BCUT2D eigenvalue weighted by molar-refractivity contribution is 0.0699. The number of hydrogen-bond acceptors (Lipinski definition) is 4. The van der Waals surface area contributed by atoms with Crippen molar-refractivity contribution < 1.29 is 13.2 Å². The quantitative estimate of drug-likeness (QED) is 0.539. The molecule has 186 valence electrons. The molecule has 7 nitrogen and oxygen atoms in total. The highest BCUT2D eigenvalue weighted by Gasteiger charge is 2.31. The van der Waals surface area contributed by atoms with Gasteiger partial charge in [0.25, 0.3) is 5.91 Å². The third-order valence-electron chi connectivity index (χ3n) is 7.61. The van der Waals surface area contributed by atoms with Gasteiger partial charge in [-0.05, 0) is 92.3 Å². The number of aryl methyl sites for hydroxylation is 2. The topological polar surface area (TPSA) is 75.0 Å². The van der Waals surface area contributed by atoms with Crippen LogP contribution in [0.4, 0.5) is 0 Å². The monoisotopic (exact) mass is 494 g/mol. The number of benzene rings is 1. The summed E-state index contributed by atoms with van der Waals surface area (Å²) in [6.07, 6.45) is 7.18. The highest BCUT2D eigenvalue weighted by molar-refractivity contribution is 7.89. The molecule has 3 aromatic rings. The summed E-state index contributed by atoms with van der Waals surface area (Å²) in [7, 11) is -3.50. The summed E-state index contributed by atoms with van der Waals surface area (Å²) < 4.78 is 29.9. The van der Waals surface area contributed by atoms with E-state index in [0.29, 0.717) is 29.5 Å². The van der Waals surface area contributed by atoms with Crippen molar-refractivity contribution in [3.63, 3.8) is 0 Å². The van der Waals surface area contributed by atoms with Crippen LogP contribution in [0, 0.1) is 19.8 Å². The van der Waals surface area contributed by atoms with Gasteiger partial charge in [0.1, 0.15) is 0 Å². The fraction of sp³-hybridized carbons (Fsp3) is 0.481. The number of hydrogen-bond donors (Lipinski definition) is 0. The Morgan fingerprint density at radius 2 is 1.60 bits per heavy atom. The van der Waals surface area contributed by atoms with Gasteiger partial charge in [-0.3, -0.25) is 4.79 Å². The number of pyridine rings is 1. The van der Waals surface area contributed by atoms with E-state index in [4.69, 9.17) is 0 Å². The zero-order valence-corrected chi connectivity index (χ0v) is 21.6. The predicted octanol–water partition coefficient (Wildman–Crippen LogP) is 4.39. The van der Waals surface area contributed by atoms with Crippen molar-refractivity contribution in [1.82, 2.24) is 18.8 Å². The van der Waals surface area contributed by atoms with E-state index in [1.54, 1.807) is 27.2 Å². The number of piperidine rings is 2. The molecule has 0 unspecified atom stereocenters. The van der Waals surface area contributed by atoms with Crippen LogP contribution < -0.4 is 0 Å². The van der Waals surface area contributed by atoms with E-state index in [0.717, 1.165) is 61.0 Å². The zero-order chi connectivity index (χ0) is 24.7. The third kappa shape index (κ3) is 4.74. The van der Waals surface area contributed by atoms with Gasteiger partial charge in [0.2, 0.25) is 10.0 Å². The molecule has 2 aliphatic heterocycles. The first-order valence-electron chi connectivity index (χ1n) is 12.6. The second kappa shape index (κ2) is 9.39. The Morgan fingerprint density at radius 3 is 2.26 bits per heavy atom. The molecule has 1 aromatic carbocycles. The molecule has 2 saturated heterocycles. The van der Waals surface area contributed by atoms with Crippen molar-refractivity contribution in [2.45, 2.75) is 57.3 Å². The molecule has 35 heavy (non-hydrogen) atoms. The van der Waals surface area contributed by atoms with Crippen LogP contribution in [0.3, 0.4) is 0 Å². The molecule has 2 aliphatic rings. The molecular weight excluding hydrogens is 460 g/mol. The summed E-state index contributed by atoms with van der Waals surface area (Å²) in [5, 5.41) is 4.41. The maximum absolute atomic E-state index is 13.2. The van der Waals surface area contributed by atoms with Crippen LogP contribution in [0.5, 0.6) is 0 Å². The number of likely N-dealkylation sites (tertiary alicyclic amines) is 1. The van der Waals surface area contributed by atoms with Crippen LogP contribution >= 0.6 is 0 Å². The SMILES string of the molecule is Cc1cc(C)cc(S(=O)(=O)N2CCC(c3ccn4ncc(C(=O)N5CCC(C)CC5)c4c3)CC2)c1. The number of aromatic nitrogens is 2. The Bertz CT molecular complexity index is 1330. The molecular formula is C27H34N4O3S. The van der Waals surface area contributed by atoms with Gasteiger partial charge in [0.05, 0.1) is 22.2 Å². The van der Waals surface area contributed by atoms with Gasteiger partial charge in [-0.25, -0.2) is 12.9 Å². The number of fused-ring (bicyclic) bond motifs is 1. The van der Waals surface area contributed by atoms with E-state index >= 15 is 0 Å². The van der Waals surface area contributed by atoms with Crippen molar-refractivity contribution in [1.29, 1.82) is 0 Å². The zero-order valence-electron chi connectivity index (χ0n) is 20.8. The molecule has 1 amide bonds. The van der Waals surface area contributed by atoms with Gasteiger partial charge >= 0.3 is 0 Å². The highest BCUT2D eigenvalue weighted by Crippen LogP contribution is 2.32. The lowest BCUT2D eigenvalue weighted by Gasteiger charge is -2.31. The van der Waals surface area contributed by atoms with E-state index in [2.05, 4.69) is 24.2 Å². The minimum atomic E-state index is -3.50. The molecule has 0 aliphatic carbocycles. The minimum absolute atomic E-state index is 0.0541. The van der Waals surface area contributed by atoms with E-state index in [1.165, 1.54) is 0 Å². The van der Waals surface area contributed by atoms with Gasteiger partial charge in [-0.15, -0.1) is 0 Å². The normalized spacial score (nSPS) is 18.9. The van der Waals surface area contributed by atoms with Gasteiger partial charge in [0, 0.05) is 32.4 Å². The summed E-state index contributed by atoms with van der Waals surface area (Å²) in [5.74, 6) is 0.969. The average Bonchev–Trinajstić information content (AvgIpc) is 3.27. The van der Waals surface area contributed by atoms with Gasteiger partial charge < -0.3 is 4.90 Å². The molecule has 0 bridgehead atoms. The smallest absolute Gasteiger partial charge is 0.257 e. The Balaban J connectivity index is 1.32. The number of sulfonamides is 1. The molecule has 0 spiro atoms. The van der Waals surface area contributed by atoms with Crippen molar-refractivity contribution in [2.24, 2.45) is 5.92 Å². The molecule has 4 heterocycles. The van der Waals surface area contributed by atoms with Crippen molar-refractivity contribution >= 4 is 21.4 Å². The molecule has 0 N–H and O–H groups in total. The van der Waals surface area contributed by atoms with Crippen LogP contribution in [-0.2, 0) is 10.0 Å². The Kier molecular flexibility index (Phi) is 6.44. The Morgan fingerprint density at radius 1 is 0.943 bits per heavy atom. The van der Waals surface area contributed by atoms with Crippen LogP contribution in [-0.4, -0.2) is 59.3 Å².